The van der Waals surface area contributed by atoms with Crippen molar-refractivity contribution in [3.8, 4) is 0 Å². The minimum Gasteiger partial charge on any atom is -0.366 e. The third-order valence-corrected chi connectivity index (χ3v) is 3.81. The van der Waals surface area contributed by atoms with Gasteiger partial charge < -0.3 is 15.0 Å². The van der Waals surface area contributed by atoms with Gasteiger partial charge in [0.2, 0.25) is 5.91 Å². The van der Waals surface area contributed by atoms with E-state index < -0.39 is 0 Å². The molecule has 86 valence electrons. The summed E-state index contributed by atoms with van der Waals surface area (Å²) in [6, 6.07) is 0. The van der Waals surface area contributed by atoms with E-state index in [4.69, 9.17) is 4.74 Å². The molecule has 0 saturated carbocycles. The smallest absolute Gasteiger partial charge is 0.248 e. The van der Waals surface area contributed by atoms with E-state index in [0.717, 1.165) is 38.4 Å². The van der Waals surface area contributed by atoms with E-state index in [0.29, 0.717) is 0 Å². The predicted molar refractivity (Wildman–Crippen MR) is 61.1 cm³/mol. The Balaban J connectivity index is 1.68. The van der Waals surface area contributed by atoms with Crippen LogP contribution in [-0.4, -0.2) is 61.2 Å². The zero-order valence-electron chi connectivity index (χ0n) is 8.91. The molecule has 15 heavy (non-hydrogen) atoms. The molecule has 5 heteroatoms. The number of ether oxygens (including phenoxy) is 1. The van der Waals surface area contributed by atoms with Crippen LogP contribution in [0.25, 0.3) is 0 Å². The van der Waals surface area contributed by atoms with Crippen LogP contribution in [0.4, 0.5) is 0 Å². The van der Waals surface area contributed by atoms with Crippen LogP contribution in [0.2, 0.25) is 0 Å². The van der Waals surface area contributed by atoms with Gasteiger partial charge >= 0.3 is 0 Å². The van der Waals surface area contributed by atoms with Crippen LogP contribution in [0.1, 0.15) is 6.42 Å². The van der Waals surface area contributed by atoms with E-state index in [2.05, 4.69) is 5.32 Å². The molecule has 2 heterocycles. The Hall–Kier alpha value is -0.260. The molecule has 0 spiro atoms. The van der Waals surface area contributed by atoms with Crippen molar-refractivity contribution in [1.82, 2.24) is 10.2 Å². The highest BCUT2D eigenvalue weighted by Crippen LogP contribution is 2.10. The van der Waals surface area contributed by atoms with Gasteiger partial charge in [0.05, 0.1) is 6.10 Å². The Bertz CT molecular complexity index is 213. The van der Waals surface area contributed by atoms with E-state index in [-0.39, 0.29) is 18.6 Å². The monoisotopic (exact) mass is 230 g/mol. The number of hydrogen-bond donors (Lipinski definition) is 1. The normalized spacial score (nSPS) is 23.3. The molecule has 0 aromatic rings. The molecule has 0 aliphatic carbocycles. The second-order valence-electron chi connectivity index (χ2n) is 3.94. The summed E-state index contributed by atoms with van der Waals surface area (Å²) in [4.78, 5) is 13.7. The highest BCUT2D eigenvalue weighted by Gasteiger charge is 2.21. The lowest BCUT2D eigenvalue weighted by atomic mass is 10.2. The number of amides is 1. The fraction of sp³-hybridized carbons (Fsp3) is 0.900. The lowest BCUT2D eigenvalue weighted by molar-refractivity contribution is -0.138. The van der Waals surface area contributed by atoms with Gasteiger partial charge in [-0.05, 0) is 12.2 Å². The van der Waals surface area contributed by atoms with Gasteiger partial charge in [0, 0.05) is 31.9 Å². The highest BCUT2D eigenvalue weighted by atomic mass is 32.2. The van der Waals surface area contributed by atoms with Gasteiger partial charge in [-0.25, -0.2) is 0 Å². The van der Waals surface area contributed by atoms with Crippen molar-refractivity contribution in [1.29, 1.82) is 0 Å². The lowest BCUT2D eigenvalue weighted by Gasteiger charge is -2.28. The van der Waals surface area contributed by atoms with Crippen LogP contribution in [0.3, 0.4) is 0 Å². The van der Waals surface area contributed by atoms with Gasteiger partial charge in [-0.1, -0.05) is 0 Å². The molecular formula is C10H18N2O2S. The van der Waals surface area contributed by atoms with Crippen LogP contribution in [0.15, 0.2) is 0 Å². The van der Waals surface area contributed by atoms with E-state index >= 15 is 0 Å². The minimum absolute atomic E-state index is 0.157. The fourth-order valence-corrected chi connectivity index (χ4v) is 2.54. The average Bonchev–Trinajstić information content (AvgIpc) is 2.43. The van der Waals surface area contributed by atoms with Crippen molar-refractivity contribution in [3.05, 3.63) is 0 Å². The molecule has 0 atom stereocenters. The Labute approximate surface area is 94.7 Å². The van der Waals surface area contributed by atoms with Crippen molar-refractivity contribution >= 4 is 17.7 Å². The molecule has 0 bridgehead atoms. The van der Waals surface area contributed by atoms with Gasteiger partial charge in [0.1, 0.15) is 6.61 Å². The number of thioether (sulfide) groups is 1. The first-order chi connectivity index (χ1) is 7.36. The van der Waals surface area contributed by atoms with Crippen LogP contribution >= 0.6 is 11.8 Å². The zero-order valence-corrected chi connectivity index (χ0v) is 9.72. The Kier molecular flexibility index (Phi) is 4.29. The summed E-state index contributed by atoms with van der Waals surface area (Å²) in [5, 5.41) is 3.12. The molecule has 2 aliphatic rings. The number of hydrogen-bond acceptors (Lipinski definition) is 4. The topological polar surface area (TPSA) is 41.6 Å². The number of nitrogens with zero attached hydrogens (tertiary/aromatic N) is 1. The number of nitrogens with one attached hydrogen (secondary N) is 1. The van der Waals surface area contributed by atoms with E-state index in [1.807, 2.05) is 16.7 Å². The van der Waals surface area contributed by atoms with Crippen molar-refractivity contribution in [2.75, 3.05) is 44.3 Å². The van der Waals surface area contributed by atoms with Crippen molar-refractivity contribution in [3.63, 3.8) is 0 Å². The largest absolute Gasteiger partial charge is 0.366 e. The van der Waals surface area contributed by atoms with Gasteiger partial charge in [-0.15, -0.1) is 0 Å². The van der Waals surface area contributed by atoms with Crippen LogP contribution in [0.5, 0.6) is 0 Å². The molecule has 2 rings (SSSR count). The van der Waals surface area contributed by atoms with Gasteiger partial charge in [-0.2, -0.15) is 11.8 Å². The molecule has 4 nitrogen and oxygen atoms in total. The van der Waals surface area contributed by atoms with Crippen LogP contribution in [-0.2, 0) is 9.53 Å². The summed E-state index contributed by atoms with van der Waals surface area (Å²) in [6.07, 6.45) is 1.37. The summed E-state index contributed by atoms with van der Waals surface area (Å²) in [5.41, 5.74) is 0. The van der Waals surface area contributed by atoms with Gasteiger partial charge in [0.25, 0.3) is 0 Å². The van der Waals surface area contributed by atoms with Crippen LogP contribution in [0, 0.1) is 0 Å². The Morgan fingerprint density at radius 1 is 1.40 bits per heavy atom. The fourth-order valence-electron chi connectivity index (χ4n) is 1.66. The first-order valence-electron chi connectivity index (χ1n) is 5.54. The summed E-state index contributed by atoms with van der Waals surface area (Å²) in [7, 11) is 0. The maximum Gasteiger partial charge on any atom is 0.248 e. The van der Waals surface area contributed by atoms with Crippen molar-refractivity contribution in [2.45, 2.75) is 12.5 Å². The molecular weight excluding hydrogens is 212 g/mol. The van der Waals surface area contributed by atoms with Crippen molar-refractivity contribution < 1.29 is 9.53 Å². The SMILES string of the molecule is O=C(COC1CNC1)N1CCCSCC1. The Morgan fingerprint density at radius 2 is 2.27 bits per heavy atom. The summed E-state index contributed by atoms with van der Waals surface area (Å²) < 4.78 is 5.47. The molecule has 2 fully saturated rings. The number of carbonyl (C=O) groups is 1. The third kappa shape index (κ3) is 3.36. The second-order valence-corrected chi connectivity index (χ2v) is 5.16. The third-order valence-electron chi connectivity index (χ3n) is 2.76. The van der Waals surface area contributed by atoms with Gasteiger partial charge in [0.15, 0.2) is 0 Å². The summed E-state index contributed by atoms with van der Waals surface area (Å²) in [6.45, 7) is 3.83. The predicted octanol–water partition coefficient (Wildman–Crippen LogP) is -0.0597. The molecule has 2 aliphatic heterocycles. The van der Waals surface area contributed by atoms with E-state index in [9.17, 15) is 4.79 Å². The number of carbonyl (C=O) groups excluding carboxylic acids is 1. The summed E-state index contributed by atoms with van der Waals surface area (Å²) in [5.74, 6) is 2.40. The highest BCUT2D eigenvalue weighted by molar-refractivity contribution is 7.99. The molecule has 0 radical (unpaired) electrons. The molecule has 1 N–H and O–H groups in total. The van der Waals surface area contributed by atoms with Gasteiger partial charge in [-0.3, -0.25) is 4.79 Å². The standard InChI is InChI=1S/C10H18N2O2S/c13-10(8-14-9-6-11-7-9)12-2-1-4-15-5-3-12/h9,11H,1-8H2. The summed E-state index contributed by atoms with van der Waals surface area (Å²) >= 11 is 1.93. The molecule has 0 aromatic heterocycles. The lowest BCUT2D eigenvalue weighted by Crippen LogP contribution is -2.50. The van der Waals surface area contributed by atoms with E-state index in [1.54, 1.807) is 0 Å². The minimum atomic E-state index is 0.157. The quantitative estimate of drug-likeness (QED) is 0.737. The second kappa shape index (κ2) is 5.72. The maximum absolute atomic E-state index is 11.8. The van der Waals surface area contributed by atoms with Crippen molar-refractivity contribution in [2.24, 2.45) is 0 Å². The molecule has 2 saturated heterocycles. The van der Waals surface area contributed by atoms with Crippen LogP contribution < -0.4 is 5.32 Å². The first kappa shape index (κ1) is 11.2. The zero-order chi connectivity index (χ0) is 10.5. The van der Waals surface area contributed by atoms with E-state index in [1.165, 1.54) is 5.75 Å². The Morgan fingerprint density at radius 3 is 3.00 bits per heavy atom. The maximum atomic E-state index is 11.8. The average molecular weight is 230 g/mol. The number of rotatable bonds is 3. The molecule has 0 unspecified atom stereocenters. The first-order valence-corrected chi connectivity index (χ1v) is 6.69. The molecule has 1 amide bonds. The molecule has 0 aromatic carbocycles.